The monoisotopic (exact) mass is 495 g/mol. The predicted octanol–water partition coefficient (Wildman–Crippen LogP) is 4.49. The van der Waals surface area contributed by atoms with E-state index in [0.29, 0.717) is 28.9 Å². The van der Waals surface area contributed by atoms with E-state index in [1.807, 2.05) is 22.8 Å². The Morgan fingerprint density at radius 2 is 1.83 bits per heavy atom. The normalized spacial score (nSPS) is 18.8. The lowest BCUT2D eigenvalue weighted by Gasteiger charge is -2.21. The van der Waals surface area contributed by atoms with Crippen LogP contribution in [-0.2, 0) is 9.84 Å². The second-order valence-electron chi connectivity index (χ2n) is 8.71. The van der Waals surface area contributed by atoms with E-state index >= 15 is 0 Å². The van der Waals surface area contributed by atoms with Gasteiger partial charge in [-0.3, -0.25) is 4.79 Å². The number of halogens is 2. The second-order valence-corrected chi connectivity index (χ2v) is 10.7. The first-order valence-electron chi connectivity index (χ1n) is 10.9. The van der Waals surface area contributed by atoms with E-state index in [-0.39, 0.29) is 22.6 Å². The number of fused-ring (bicyclic) bond motifs is 9. The van der Waals surface area contributed by atoms with Gasteiger partial charge >= 0.3 is 6.61 Å². The van der Waals surface area contributed by atoms with Gasteiger partial charge < -0.3 is 14.6 Å². The molecule has 35 heavy (non-hydrogen) atoms. The summed E-state index contributed by atoms with van der Waals surface area (Å²) in [5.74, 6) is 0.276. The summed E-state index contributed by atoms with van der Waals surface area (Å²) in [5, 5.41) is 2.97. The molecule has 178 valence electrons. The maximum atomic E-state index is 13.2. The zero-order chi connectivity index (χ0) is 24.5. The van der Waals surface area contributed by atoms with Crippen molar-refractivity contribution in [3.05, 3.63) is 77.6 Å². The number of sulfone groups is 1. The molecule has 10 heteroatoms. The molecule has 6 rings (SSSR count). The average molecular weight is 496 g/mol. The van der Waals surface area contributed by atoms with Crippen LogP contribution in [0.5, 0.6) is 5.75 Å². The van der Waals surface area contributed by atoms with Crippen LogP contribution in [0.15, 0.2) is 65.6 Å². The van der Waals surface area contributed by atoms with E-state index in [4.69, 9.17) is 9.72 Å². The lowest BCUT2D eigenvalue weighted by Crippen LogP contribution is -2.28. The SMILES string of the molecule is CS(=O)(=O)c1ccc(-c2ccc3nc4n(c3c2)[C@H]2C[C@@H]4NC(=O)c3cccc(OC(F)F)c32)cc1. The van der Waals surface area contributed by atoms with Gasteiger partial charge in [-0.1, -0.05) is 24.3 Å². The number of aromatic nitrogens is 2. The Hall–Kier alpha value is -3.79. The highest BCUT2D eigenvalue weighted by Gasteiger charge is 2.42. The number of hydrogen-bond acceptors (Lipinski definition) is 5. The predicted molar refractivity (Wildman–Crippen MR) is 124 cm³/mol. The topological polar surface area (TPSA) is 90.3 Å². The lowest BCUT2D eigenvalue weighted by molar-refractivity contribution is -0.0507. The van der Waals surface area contributed by atoms with Gasteiger partial charge in [-0.05, 0) is 53.9 Å². The molecular weight excluding hydrogens is 476 g/mol. The average Bonchev–Trinajstić information content (AvgIpc) is 3.30. The number of nitrogens with one attached hydrogen (secondary N) is 1. The van der Waals surface area contributed by atoms with Crippen LogP contribution in [0.4, 0.5) is 8.78 Å². The minimum Gasteiger partial charge on any atom is -0.434 e. The highest BCUT2D eigenvalue weighted by Crippen LogP contribution is 2.47. The molecule has 2 aliphatic rings. The molecule has 7 nitrogen and oxygen atoms in total. The van der Waals surface area contributed by atoms with Crippen LogP contribution in [-0.4, -0.2) is 36.7 Å². The second kappa shape index (κ2) is 7.61. The molecule has 0 radical (unpaired) electrons. The molecule has 3 heterocycles. The van der Waals surface area contributed by atoms with E-state index < -0.39 is 22.5 Å². The lowest BCUT2D eigenvalue weighted by atomic mass is 9.97. The van der Waals surface area contributed by atoms with Gasteiger partial charge in [0, 0.05) is 17.4 Å². The Morgan fingerprint density at radius 3 is 2.54 bits per heavy atom. The number of carbonyl (C=O) groups excluding carboxylic acids is 1. The zero-order valence-corrected chi connectivity index (χ0v) is 19.2. The third-order valence-electron chi connectivity index (χ3n) is 6.58. The van der Waals surface area contributed by atoms with Gasteiger partial charge in [-0.2, -0.15) is 8.78 Å². The van der Waals surface area contributed by atoms with Gasteiger partial charge in [-0.25, -0.2) is 13.4 Å². The maximum absolute atomic E-state index is 13.2. The summed E-state index contributed by atoms with van der Waals surface area (Å²) in [4.78, 5) is 17.8. The molecular formula is C25H19F2N3O4S. The van der Waals surface area contributed by atoms with Crippen molar-refractivity contribution in [1.82, 2.24) is 14.9 Å². The molecule has 3 aromatic carbocycles. The van der Waals surface area contributed by atoms with E-state index in [1.165, 1.54) is 12.1 Å². The van der Waals surface area contributed by atoms with Gasteiger partial charge in [-0.15, -0.1) is 0 Å². The first-order valence-corrected chi connectivity index (χ1v) is 12.8. The van der Waals surface area contributed by atoms with Gasteiger partial charge in [0.25, 0.3) is 5.91 Å². The minimum absolute atomic E-state index is 0.0273. The largest absolute Gasteiger partial charge is 0.434 e. The molecule has 0 spiro atoms. The number of benzene rings is 3. The van der Waals surface area contributed by atoms with Crippen LogP contribution < -0.4 is 10.1 Å². The quantitative estimate of drug-likeness (QED) is 0.451. The van der Waals surface area contributed by atoms with Crippen molar-refractivity contribution in [3.8, 4) is 16.9 Å². The highest BCUT2D eigenvalue weighted by atomic mass is 32.2. The van der Waals surface area contributed by atoms with Crippen molar-refractivity contribution in [1.29, 1.82) is 0 Å². The Kier molecular flexibility index (Phi) is 4.72. The summed E-state index contributed by atoms with van der Waals surface area (Å²) in [7, 11) is -3.31. The highest BCUT2D eigenvalue weighted by molar-refractivity contribution is 7.90. The fourth-order valence-corrected chi connectivity index (χ4v) is 5.71. The number of nitrogens with zero attached hydrogens (tertiary/aromatic N) is 2. The van der Waals surface area contributed by atoms with Crippen LogP contribution in [0.1, 0.15) is 40.3 Å². The number of alkyl halides is 2. The molecule has 4 aromatic rings. The van der Waals surface area contributed by atoms with Crippen LogP contribution in [0.2, 0.25) is 0 Å². The first-order chi connectivity index (χ1) is 16.7. The van der Waals surface area contributed by atoms with Crippen LogP contribution in [0.25, 0.3) is 22.2 Å². The Labute approximate surface area is 199 Å². The van der Waals surface area contributed by atoms with Crippen molar-refractivity contribution in [3.63, 3.8) is 0 Å². The minimum atomic E-state index is -3.31. The van der Waals surface area contributed by atoms with Gasteiger partial charge in [0.2, 0.25) is 0 Å². The first kappa shape index (κ1) is 21.7. The van der Waals surface area contributed by atoms with Gasteiger partial charge in [0.15, 0.2) is 9.84 Å². The van der Waals surface area contributed by atoms with Crippen LogP contribution >= 0.6 is 0 Å². The Bertz CT molecular complexity index is 1610. The fraction of sp³-hybridized carbons (Fsp3) is 0.200. The fourth-order valence-electron chi connectivity index (χ4n) is 5.08. The molecule has 0 unspecified atom stereocenters. The summed E-state index contributed by atoms with van der Waals surface area (Å²) in [6.45, 7) is -3.02. The Morgan fingerprint density at radius 1 is 1.09 bits per heavy atom. The van der Waals surface area contributed by atoms with Gasteiger partial charge in [0.1, 0.15) is 11.6 Å². The van der Waals surface area contributed by atoms with Crippen molar-refractivity contribution < 1.29 is 26.7 Å². The van der Waals surface area contributed by atoms with Gasteiger partial charge in [0.05, 0.1) is 28.0 Å². The molecule has 2 aliphatic heterocycles. The van der Waals surface area contributed by atoms with Crippen molar-refractivity contribution >= 4 is 26.8 Å². The number of amides is 1. The molecule has 0 aliphatic carbocycles. The van der Waals surface area contributed by atoms with Crippen molar-refractivity contribution in [2.45, 2.75) is 30.0 Å². The maximum Gasteiger partial charge on any atom is 0.387 e. The third-order valence-corrected chi connectivity index (χ3v) is 7.71. The van der Waals surface area contributed by atoms with Crippen molar-refractivity contribution in [2.24, 2.45) is 0 Å². The molecule has 2 bridgehead atoms. The molecule has 1 N–H and O–H groups in total. The molecule has 2 atom stereocenters. The third kappa shape index (κ3) is 3.47. The smallest absolute Gasteiger partial charge is 0.387 e. The summed E-state index contributed by atoms with van der Waals surface area (Å²) < 4.78 is 56.8. The van der Waals surface area contributed by atoms with Crippen molar-refractivity contribution in [2.75, 3.05) is 6.26 Å². The van der Waals surface area contributed by atoms with Crippen LogP contribution in [0.3, 0.4) is 0 Å². The molecule has 1 amide bonds. The van der Waals surface area contributed by atoms with E-state index in [1.54, 1.807) is 30.3 Å². The van der Waals surface area contributed by atoms with E-state index in [2.05, 4.69) is 5.32 Å². The molecule has 0 saturated carbocycles. The molecule has 0 fully saturated rings. The van der Waals surface area contributed by atoms with Crippen LogP contribution in [0, 0.1) is 0 Å². The number of hydrogen-bond donors (Lipinski definition) is 1. The number of imidazole rings is 1. The molecule has 0 saturated heterocycles. The standard InChI is InChI=1S/C25H19F2N3O4S/c1-35(32,33)15-8-5-13(6-9-15)14-7-10-17-19(11-14)30-20-12-18(23(30)28-17)29-24(31)16-3-2-4-21(22(16)20)34-25(26)27/h2-11,18,20,25H,12H2,1H3,(H,29,31)/t18-,20-/m0/s1. The number of carbonyl (C=O) groups is 1. The zero-order valence-electron chi connectivity index (χ0n) is 18.4. The van der Waals surface area contributed by atoms with E-state index in [0.717, 1.165) is 22.9 Å². The summed E-state index contributed by atoms with van der Waals surface area (Å²) in [5.41, 5.74) is 3.87. The molecule has 1 aromatic heterocycles. The number of ether oxygens (including phenoxy) is 1. The number of rotatable bonds is 4. The summed E-state index contributed by atoms with van der Waals surface area (Å²) >= 11 is 0. The summed E-state index contributed by atoms with van der Waals surface area (Å²) in [6, 6.07) is 16.1. The van der Waals surface area contributed by atoms with E-state index in [9.17, 15) is 22.0 Å². The summed E-state index contributed by atoms with van der Waals surface area (Å²) in [6.07, 6.45) is 1.63. The Balaban J connectivity index is 1.51.